The minimum atomic E-state index is -0.888. The SMILES string of the molecule is COc1cccc(CC2(C3CCNCC3)NC(=O)N(CC=C(C)C)C2=O)c1. The quantitative estimate of drug-likeness (QED) is 0.595. The summed E-state index contributed by atoms with van der Waals surface area (Å²) in [5, 5.41) is 6.43. The first-order chi connectivity index (χ1) is 13.0. The Bertz CT molecular complexity index is 736. The number of nitrogens with zero attached hydrogens (tertiary/aromatic N) is 1. The minimum Gasteiger partial charge on any atom is -0.497 e. The van der Waals surface area contributed by atoms with Crippen molar-refractivity contribution in [3.8, 4) is 5.75 Å². The Kier molecular flexibility index (Phi) is 5.85. The predicted octanol–water partition coefficient (Wildman–Crippen LogP) is 2.49. The van der Waals surface area contributed by atoms with Crippen molar-refractivity contribution < 1.29 is 14.3 Å². The van der Waals surface area contributed by atoms with Gasteiger partial charge in [-0.05, 0) is 63.4 Å². The van der Waals surface area contributed by atoms with Crippen LogP contribution in [0.2, 0.25) is 0 Å². The number of benzene rings is 1. The third-order valence-corrected chi connectivity index (χ3v) is 5.54. The van der Waals surface area contributed by atoms with Crippen molar-refractivity contribution in [1.29, 1.82) is 0 Å². The monoisotopic (exact) mass is 371 g/mol. The van der Waals surface area contributed by atoms with Crippen molar-refractivity contribution in [3.63, 3.8) is 0 Å². The van der Waals surface area contributed by atoms with Crippen LogP contribution in [0.4, 0.5) is 4.79 Å². The lowest BCUT2D eigenvalue weighted by Crippen LogP contribution is -2.57. The first-order valence-electron chi connectivity index (χ1n) is 9.57. The van der Waals surface area contributed by atoms with Gasteiger partial charge in [0, 0.05) is 13.0 Å². The van der Waals surface area contributed by atoms with Crippen LogP contribution in [-0.2, 0) is 11.2 Å². The van der Waals surface area contributed by atoms with Crippen molar-refractivity contribution >= 4 is 11.9 Å². The molecule has 1 atom stereocenters. The molecule has 0 aromatic heterocycles. The molecule has 2 aliphatic heterocycles. The van der Waals surface area contributed by atoms with E-state index in [-0.39, 0.29) is 17.9 Å². The molecule has 27 heavy (non-hydrogen) atoms. The molecule has 3 amide bonds. The summed E-state index contributed by atoms with van der Waals surface area (Å²) in [6.07, 6.45) is 4.13. The topological polar surface area (TPSA) is 70.7 Å². The molecular formula is C21H29N3O3. The molecule has 0 aliphatic carbocycles. The number of carbonyl (C=O) groups is 2. The molecule has 6 nitrogen and oxygen atoms in total. The maximum atomic E-state index is 13.5. The van der Waals surface area contributed by atoms with Crippen LogP contribution in [0.25, 0.3) is 0 Å². The third-order valence-electron chi connectivity index (χ3n) is 5.54. The first-order valence-corrected chi connectivity index (χ1v) is 9.57. The lowest BCUT2D eigenvalue weighted by Gasteiger charge is -2.38. The van der Waals surface area contributed by atoms with Crippen molar-refractivity contribution in [2.45, 2.75) is 38.6 Å². The summed E-state index contributed by atoms with van der Waals surface area (Å²) in [5.41, 5.74) is 1.19. The Morgan fingerprint density at radius 1 is 1.30 bits per heavy atom. The fourth-order valence-electron chi connectivity index (χ4n) is 4.04. The lowest BCUT2D eigenvalue weighted by atomic mass is 9.74. The van der Waals surface area contributed by atoms with Gasteiger partial charge in [-0.1, -0.05) is 23.8 Å². The Morgan fingerprint density at radius 2 is 2.04 bits per heavy atom. The van der Waals surface area contributed by atoms with Crippen LogP contribution in [0, 0.1) is 5.92 Å². The highest BCUT2D eigenvalue weighted by Crippen LogP contribution is 2.35. The molecule has 6 heteroatoms. The summed E-state index contributed by atoms with van der Waals surface area (Å²) in [7, 11) is 1.63. The van der Waals surface area contributed by atoms with Crippen molar-refractivity contribution in [1.82, 2.24) is 15.5 Å². The van der Waals surface area contributed by atoms with E-state index in [0.717, 1.165) is 42.8 Å². The Hall–Kier alpha value is -2.34. The average Bonchev–Trinajstić information content (AvgIpc) is 2.91. The van der Waals surface area contributed by atoms with Crippen molar-refractivity contribution in [2.75, 3.05) is 26.7 Å². The zero-order valence-electron chi connectivity index (χ0n) is 16.4. The number of amides is 3. The van der Waals surface area contributed by atoms with Crippen LogP contribution in [0.3, 0.4) is 0 Å². The van der Waals surface area contributed by atoms with E-state index in [0.29, 0.717) is 13.0 Å². The number of hydrogen-bond acceptors (Lipinski definition) is 4. The highest BCUT2D eigenvalue weighted by Gasteiger charge is 2.55. The number of imide groups is 1. The second kappa shape index (κ2) is 8.13. The van der Waals surface area contributed by atoms with Crippen LogP contribution in [0.1, 0.15) is 32.3 Å². The Labute approximate surface area is 161 Å². The van der Waals surface area contributed by atoms with Crippen LogP contribution in [0.5, 0.6) is 5.75 Å². The molecule has 2 heterocycles. The van der Waals surface area contributed by atoms with E-state index in [1.54, 1.807) is 7.11 Å². The second-order valence-electron chi connectivity index (χ2n) is 7.65. The fourth-order valence-corrected chi connectivity index (χ4v) is 4.04. The summed E-state index contributed by atoms with van der Waals surface area (Å²) >= 11 is 0. The van der Waals surface area contributed by atoms with Gasteiger partial charge in [-0.3, -0.25) is 9.69 Å². The molecule has 0 bridgehead atoms. The van der Waals surface area contributed by atoms with Crippen molar-refractivity contribution in [2.24, 2.45) is 5.92 Å². The van der Waals surface area contributed by atoms with E-state index in [1.165, 1.54) is 4.90 Å². The van der Waals surface area contributed by atoms with Crippen molar-refractivity contribution in [3.05, 3.63) is 41.5 Å². The largest absolute Gasteiger partial charge is 0.497 e. The van der Waals surface area contributed by atoms with E-state index in [9.17, 15) is 9.59 Å². The fraction of sp³-hybridized carbons (Fsp3) is 0.524. The van der Waals surface area contributed by atoms with Gasteiger partial charge >= 0.3 is 6.03 Å². The van der Waals surface area contributed by atoms with E-state index in [1.807, 2.05) is 44.2 Å². The number of methoxy groups -OCH3 is 1. The zero-order valence-corrected chi connectivity index (χ0v) is 16.4. The molecule has 0 radical (unpaired) electrons. The maximum absolute atomic E-state index is 13.5. The van der Waals surface area contributed by atoms with Crippen LogP contribution < -0.4 is 15.4 Å². The van der Waals surface area contributed by atoms with E-state index >= 15 is 0 Å². The molecule has 2 saturated heterocycles. The van der Waals surface area contributed by atoms with Crippen LogP contribution >= 0.6 is 0 Å². The molecule has 146 valence electrons. The number of rotatable bonds is 6. The molecule has 2 N–H and O–H groups in total. The summed E-state index contributed by atoms with van der Waals surface area (Å²) in [6, 6.07) is 7.45. The number of nitrogens with one attached hydrogen (secondary N) is 2. The lowest BCUT2D eigenvalue weighted by molar-refractivity contribution is -0.133. The molecule has 1 unspecified atom stereocenters. The van der Waals surface area contributed by atoms with Gasteiger partial charge in [0.25, 0.3) is 5.91 Å². The maximum Gasteiger partial charge on any atom is 0.325 e. The number of allylic oxidation sites excluding steroid dienone is 1. The molecule has 2 fully saturated rings. The van der Waals surface area contributed by atoms with Gasteiger partial charge in [0.05, 0.1) is 7.11 Å². The van der Waals surface area contributed by atoms with Crippen LogP contribution in [-0.4, -0.2) is 49.1 Å². The molecular weight excluding hydrogens is 342 g/mol. The molecule has 1 aromatic carbocycles. The van der Waals surface area contributed by atoms with Gasteiger partial charge < -0.3 is 15.4 Å². The number of carbonyl (C=O) groups excluding carboxylic acids is 2. The predicted molar refractivity (Wildman–Crippen MR) is 105 cm³/mol. The zero-order chi connectivity index (χ0) is 19.4. The standard InChI is InChI=1S/C21H29N3O3/c1-15(2)9-12-24-19(25)21(23-20(24)26,17-7-10-22-11-8-17)14-16-5-4-6-18(13-16)27-3/h4-6,9,13,17,22H,7-8,10-12,14H2,1-3H3,(H,23,26). The van der Waals surface area contributed by atoms with Gasteiger partial charge in [0.2, 0.25) is 0 Å². The minimum absolute atomic E-state index is 0.109. The van der Waals surface area contributed by atoms with Gasteiger partial charge in [0.15, 0.2) is 0 Å². The summed E-state index contributed by atoms with van der Waals surface area (Å²) in [4.78, 5) is 27.5. The Morgan fingerprint density at radius 3 is 2.70 bits per heavy atom. The average molecular weight is 371 g/mol. The van der Waals surface area contributed by atoms with Crippen LogP contribution in [0.15, 0.2) is 35.9 Å². The first kappa shape index (κ1) is 19.4. The summed E-state index contributed by atoms with van der Waals surface area (Å²) in [6.45, 7) is 5.98. The summed E-state index contributed by atoms with van der Waals surface area (Å²) < 4.78 is 5.33. The molecule has 0 spiro atoms. The molecule has 0 saturated carbocycles. The summed E-state index contributed by atoms with van der Waals surface area (Å²) in [5.74, 6) is 0.754. The molecule has 3 rings (SSSR count). The van der Waals surface area contributed by atoms with E-state index in [4.69, 9.17) is 4.74 Å². The normalized spacial score (nSPS) is 23.3. The molecule has 1 aromatic rings. The van der Waals surface area contributed by atoms with Gasteiger partial charge in [0.1, 0.15) is 11.3 Å². The second-order valence-corrected chi connectivity index (χ2v) is 7.65. The van der Waals surface area contributed by atoms with E-state index < -0.39 is 5.54 Å². The van der Waals surface area contributed by atoms with Gasteiger partial charge in [-0.15, -0.1) is 0 Å². The number of hydrogen-bond donors (Lipinski definition) is 2. The van der Waals surface area contributed by atoms with E-state index in [2.05, 4.69) is 10.6 Å². The van der Waals surface area contributed by atoms with Gasteiger partial charge in [-0.25, -0.2) is 4.79 Å². The molecule has 2 aliphatic rings. The Balaban J connectivity index is 1.94. The smallest absolute Gasteiger partial charge is 0.325 e. The number of ether oxygens (including phenoxy) is 1. The third kappa shape index (κ3) is 4.00. The number of urea groups is 1. The highest BCUT2D eigenvalue weighted by molar-refractivity contribution is 6.07. The number of piperidine rings is 1. The highest BCUT2D eigenvalue weighted by atomic mass is 16.5. The van der Waals surface area contributed by atoms with Gasteiger partial charge in [-0.2, -0.15) is 0 Å².